The maximum atomic E-state index is 12.0. The van der Waals surface area contributed by atoms with Gasteiger partial charge < -0.3 is 20.7 Å². The van der Waals surface area contributed by atoms with Gasteiger partial charge in [0.15, 0.2) is 0 Å². The van der Waals surface area contributed by atoms with Crippen molar-refractivity contribution in [1.29, 1.82) is 0 Å². The minimum absolute atomic E-state index is 0.197. The molecule has 0 fully saturated rings. The van der Waals surface area contributed by atoms with Crippen molar-refractivity contribution in [2.45, 2.75) is 32.9 Å². The third-order valence-electron chi connectivity index (χ3n) is 3.79. The van der Waals surface area contributed by atoms with Crippen LogP contribution in [0.4, 0.5) is 10.5 Å². The summed E-state index contributed by atoms with van der Waals surface area (Å²) in [5.41, 5.74) is 1.77. The average Bonchev–Trinajstić information content (AvgIpc) is 2.70. The Hall–Kier alpha value is -3.13. The van der Waals surface area contributed by atoms with Crippen LogP contribution in [0.3, 0.4) is 0 Å². The van der Waals surface area contributed by atoms with Crippen molar-refractivity contribution >= 4 is 45.6 Å². The van der Waals surface area contributed by atoms with E-state index < -0.39 is 11.7 Å². The van der Waals surface area contributed by atoms with Crippen LogP contribution in [0.25, 0.3) is 6.08 Å². The van der Waals surface area contributed by atoms with E-state index in [4.69, 9.17) is 4.74 Å². The molecule has 31 heavy (non-hydrogen) atoms. The third-order valence-corrected chi connectivity index (χ3v) is 4.32. The number of anilines is 1. The van der Waals surface area contributed by atoms with Crippen molar-refractivity contribution in [3.8, 4) is 0 Å². The summed E-state index contributed by atoms with van der Waals surface area (Å²) in [5.74, 6) is -0.571. The lowest BCUT2D eigenvalue weighted by atomic mass is 10.2. The van der Waals surface area contributed by atoms with Crippen LogP contribution < -0.4 is 16.0 Å². The summed E-state index contributed by atoms with van der Waals surface area (Å²) in [5, 5.41) is 7.89. The molecule has 0 aliphatic heterocycles. The van der Waals surface area contributed by atoms with Crippen molar-refractivity contribution in [3.05, 3.63) is 70.2 Å². The first-order valence-electron chi connectivity index (χ1n) is 9.68. The first kappa shape index (κ1) is 24.1. The Balaban J connectivity index is 1.74. The number of nitrogens with one attached hydrogen (secondary N) is 3. The minimum atomic E-state index is -0.650. The van der Waals surface area contributed by atoms with Crippen LogP contribution in [-0.2, 0) is 20.9 Å². The van der Waals surface area contributed by atoms with Gasteiger partial charge in [-0.2, -0.15) is 0 Å². The molecule has 2 aromatic rings. The Bertz CT molecular complexity index is 933. The summed E-state index contributed by atoms with van der Waals surface area (Å²) in [7, 11) is 0. The number of carbonyl (C=O) groups excluding carboxylic acids is 3. The van der Waals surface area contributed by atoms with Gasteiger partial charge in [-0.25, -0.2) is 4.79 Å². The molecule has 7 nitrogen and oxygen atoms in total. The second-order valence-electron chi connectivity index (χ2n) is 7.70. The number of benzene rings is 2. The first-order chi connectivity index (χ1) is 14.6. The van der Waals surface area contributed by atoms with Crippen LogP contribution in [0.2, 0.25) is 0 Å². The van der Waals surface area contributed by atoms with Gasteiger partial charge in [0, 0.05) is 22.8 Å². The summed E-state index contributed by atoms with van der Waals surface area (Å²) in [6, 6.07) is 14.7. The first-order valence-corrected chi connectivity index (χ1v) is 10.5. The molecule has 0 aliphatic carbocycles. The zero-order valence-corrected chi connectivity index (χ0v) is 19.3. The number of ether oxygens (including phenoxy) is 1. The lowest BCUT2D eigenvalue weighted by Crippen LogP contribution is -2.37. The zero-order chi connectivity index (χ0) is 22.9. The number of rotatable bonds is 7. The Morgan fingerprint density at radius 3 is 2.23 bits per heavy atom. The highest BCUT2D eigenvalue weighted by Crippen LogP contribution is 2.12. The van der Waals surface area contributed by atoms with E-state index >= 15 is 0 Å². The number of hydrogen-bond donors (Lipinski definition) is 3. The number of amides is 3. The fraction of sp³-hybridized carbons (Fsp3) is 0.261. The van der Waals surface area contributed by atoms with Crippen molar-refractivity contribution in [1.82, 2.24) is 10.6 Å². The quantitative estimate of drug-likeness (QED) is 0.508. The molecule has 0 aromatic heterocycles. The van der Waals surface area contributed by atoms with Gasteiger partial charge in [0.2, 0.25) is 11.8 Å². The second-order valence-corrected chi connectivity index (χ2v) is 8.62. The van der Waals surface area contributed by atoms with E-state index in [0.717, 1.165) is 15.6 Å². The number of hydrogen-bond acceptors (Lipinski definition) is 4. The van der Waals surface area contributed by atoms with Crippen molar-refractivity contribution in [3.63, 3.8) is 0 Å². The largest absolute Gasteiger partial charge is 0.444 e. The van der Waals surface area contributed by atoms with Crippen LogP contribution in [0, 0.1) is 0 Å². The summed E-state index contributed by atoms with van der Waals surface area (Å²) in [6.07, 6.45) is 2.57. The van der Waals surface area contributed by atoms with Gasteiger partial charge in [-0.1, -0.05) is 40.2 Å². The molecule has 0 bridgehead atoms. The highest BCUT2D eigenvalue weighted by molar-refractivity contribution is 9.10. The van der Waals surface area contributed by atoms with Crippen molar-refractivity contribution in [2.24, 2.45) is 0 Å². The summed E-state index contributed by atoms with van der Waals surface area (Å²) < 4.78 is 6.06. The van der Waals surface area contributed by atoms with Crippen LogP contribution in [-0.4, -0.2) is 30.1 Å². The molecule has 164 valence electrons. The van der Waals surface area contributed by atoms with Gasteiger partial charge in [-0.3, -0.25) is 9.59 Å². The summed E-state index contributed by atoms with van der Waals surface area (Å²) >= 11 is 3.37. The van der Waals surface area contributed by atoms with Gasteiger partial charge in [-0.15, -0.1) is 0 Å². The third kappa shape index (κ3) is 9.95. The molecular weight excluding hydrogens is 462 g/mol. The fourth-order valence-corrected chi connectivity index (χ4v) is 2.64. The molecule has 0 saturated heterocycles. The standard InChI is InChI=1S/C23H26BrN3O4/c1-23(2,3)31-22(30)26-15-21(29)27-19-11-6-17(7-12-19)14-25-20(28)13-8-16-4-9-18(24)10-5-16/h4-13H,14-15H2,1-3H3,(H,25,28)(H,26,30)(H,27,29)/b13-8+. The van der Waals surface area contributed by atoms with E-state index in [1.54, 1.807) is 51.1 Å². The predicted molar refractivity (Wildman–Crippen MR) is 124 cm³/mol. The molecule has 0 spiro atoms. The van der Waals surface area contributed by atoms with Crippen LogP contribution in [0.5, 0.6) is 0 Å². The lowest BCUT2D eigenvalue weighted by molar-refractivity contribution is -0.117. The second kappa shape index (κ2) is 11.3. The van der Waals surface area contributed by atoms with Crippen LogP contribution >= 0.6 is 15.9 Å². The number of halogens is 1. The fourth-order valence-electron chi connectivity index (χ4n) is 2.37. The molecule has 2 aromatic carbocycles. The van der Waals surface area contributed by atoms with E-state index in [1.807, 2.05) is 24.3 Å². The molecule has 0 radical (unpaired) electrons. The highest BCUT2D eigenvalue weighted by atomic mass is 79.9. The summed E-state index contributed by atoms with van der Waals surface area (Å²) in [4.78, 5) is 35.5. The van der Waals surface area contributed by atoms with Crippen LogP contribution in [0.1, 0.15) is 31.9 Å². The van der Waals surface area contributed by atoms with E-state index in [1.165, 1.54) is 6.08 Å². The predicted octanol–water partition coefficient (Wildman–Crippen LogP) is 4.24. The smallest absolute Gasteiger partial charge is 0.408 e. The van der Waals surface area contributed by atoms with E-state index in [2.05, 4.69) is 31.9 Å². The Morgan fingerprint density at radius 1 is 0.968 bits per heavy atom. The van der Waals surface area contributed by atoms with Crippen LogP contribution in [0.15, 0.2) is 59.1 Å². The van der Waals surface area contributed by atoms with Crippen molar-refractivity contribution in [2.75, 3.05) is 11.9 Å². The molecule has 2 rings (SSSR count). The van der Waals surface area contributed by atoms with E-state index in [0.29, 0.717) is 12.2 Å². The monoisotopic (exact) mass is 487 g/mol. The molecule has 3 N–H and O–H groups in total. The SMILES string of the molecule is CC(C)(C)OC(=O)NCC(=O)Nc1ccc(CNC(=O)/C=C/c2ccc(Br)cc2)cc1. The van der Waals surface area contributed by atoms with Gasteiger partial charge in [0.05, 0.1) is 0 Å². The minimum Gasteiger partial charge on any atom is -0.444 e. The Morgan fingerprint density at radius 2 is 1.61 bits per heavy atom. The number of carbonyl (C=O) groups is 3. The lowest BCUT2D eigenvalue weighted by Gasteiger charge is -2.19. The maximum Gasteiger partial charge on any atom is 0.408 e. The molecule has 3 amide bonds. The molecule has 0 atom stereocenters. The molecular formula is C23H26BrN3O4. The normalized spacial score (nSPS) is 11.1. The van der Waals surface area contributed by atoms with Gasteiger partial charge in [0.25, 0.3) is 0 Å². The molecule has 0 aliphatic rings. The van der Waals surface area contributed by atoms with E-state index in [-0.39, 0.29) is 18.4 Å². The maximum absolute atomic E-state index is 12.0. The highest BCUT2D eigenvalue weighted by Gasteiger charge is 2.16. The van der Waals surface area contributed by atoms with Gasteiger partial charge in [0.1, 0.15) is 12.1 Å². The Kier molecular flexibility index (Phi) is 8.81. The Labute approximate surface area is 190 Å². The molecule has 0 heterocycles. The molecule has 0 unspecified atom stereocenters. The van der Waals surface area contributed by atoms with Gasteiger partial charge >= 0.3 is 6.09 Å². The van der Waals surface area contributed by atoms with Crippen molar-refractivity contribution < 1.29 is 19.1 Å². The summed E-state index contributed by atoms with van der Waals surface area (Å²) in [6.45, 7) is 5.40. The average molecular weight is 488 g/mol. The molecule has 8 heteroatoms. The van der Waals surface area contributed by atoms with E-state index in [9.17, 15) is 14.4 Å². The van der Waals surface area contributed by atoms with Gasteiger partial charge in [-0.05, 0) is 62.2 Å². The number of alkyl carbamates (subject to hydrolysis) is 1. The molecule has 0 saturated carbocycles. The topological polar surface area (TPSA) is 96.5 Å². The zero-order valence-electron chi connectivity index (χ0n) is 17.7.